The maximum Gasteiger partial charge on any atom is 0.262 e. The minimum atomic E-state index is -0.196. The van der Waals surface area contributed by atoms with Crippen molar-refractivity contribution < 1.29 is 9.53 Å². The highest BCUT2D eigenvalue weighted by atomic mass is 79.9. The molecule has 0 aliphatic heterocycles. The Morgan fingerprint density at radius 1 is 1.31 bits per heavy atom. The number of halogens is 2. The summed E-state index contributed by atoms with van der Waals surface area (Å²) in [6.45, 7) is 2.67. The smallest absolute Gasteiger partial charge is 0.262 e. The first-order chi connectivity index (χ1) is 13.9. The molecule has 0 atom stereocenters. The van der Waals surface area contributed by atoms with Crippen LogP contribution in [0.15, 0.2) is 50.8 Å². The monoisotopic (exact) mass is 495 g/mol. The molecule has 1 amide bonds. The Bertz CT molecular complexity index is 1120. The first kappa shape index (κ1) is 21.8. The van der Waals surface area contributed by atoms with Crippen LogP contribution in [0.2, 0.25) is 5.02 Å². The van der Waals surface area contributed by atoms with Crippen molar-refractivity contribution >= 4 is 61.8 Å². The van der Waals surface area contributed by atoms with Crippen molar-refractivity contribution in [3.8, 4) is 0 Å². The summed E-state index contributed by atoms with van der Waals surface area (Å²) in [4.78, 5) is 29.9. The first-order valence-corrected chi connectivity index (χ1v) is 10.9. The number of hydrogen-bond donors (Lipinski definition) is 1. The fraction of sp³-hybridized carbons (Fsp3) is 0.250. The lowest BCUT2D eigenvalue weighted by Gasteiger charge is -2.13. The van der Waals surface area contributed by atoms with E-state index >= 15 is 0 Å². The van der Waals surface area contributed by atoms with E-state index in [1.165, 1.54) is 16.3 Å². The van der Waals surface area contributed by atoms with E-state index in [9.17, 15) is 9.59 Å². The molecule has 0 aliphatic rings. The summed E-state index contributed by atoms with van der Waals surface area (Å²) in [5.41, 5.74) is 2.09. The molecular formula is C20H19BrClN3O3S. The largest absolute Gasteiger partial charge is 0.383 e. The summed E-state index contributed by atoms with van der Waals surface area (Å²) in [6, 6.07) is 10.7. The highest BCUT2D eigenvalue weighted by Crippen LogP contribution is 2.24. The maximum atomic E-state index is 12.9. The summed E-state index contributed by atoms with van der Waals surface area (Å²) in [6.07, 6.45) is 0. The van der Waals surface area contributed by atoms with Crippen LogP contribution in [0.5, 0.6) is 0 Å². The number of methoxy groups -OCH3 is 1. The average Bonchev–Trinajstić information content (AvgIpc) is 2.68. The molecule has 3 aromatic rings. The molecule has 1 N–H and O–H groups in total. The second kappa shape index (κ2) is 9.75. The number of rotatable bonds is 7. The highest BCUT2D eigenvalue weighted by molar-refractivity contribution is 9.10. The third-order valence-electron chi connectivity index (χ3n) is 4.13. The topological polar surface area (TPSA) is 73.2 Å². The summed E-state index contributed by atoms with van der Waals surface area (Å²) < 4.78 is 7.45. The molecule has 0 saturated heterocycles. The van der Waals surface area contributed by atoms with Gasteiger partial charge in [-0.25, -0.2) is 4.98 Å². The molecule has 0 spiro atoms. The predicted molar refractivity (Wildman–Crippen MR) is 121 cm³/mol. The lowest BCUT2D eigenvalue weighted by atomic mass is 10.2. The van der Waals surface area contributed by atoms with Crippen LogP contribution in [0, 0.1) is 6.92 Å². The normalized spacial score (nSPS) is 11.0. The van der Waals surface area contributed by atoms with E-state index in [2.05, 4.69) is 26.2 Å². The van der Waals surface area contributed by atoms with Crippen LogP contribution in [0.25, 0.3) is 10.9 Å². The van der Waals surface area contributed by atoms with Gasteiger partial charge in [0.25, 0.3) is 5.56 Å². The third kappa shape index (κ3) is 5.39. The molecule has 3 rings (SSSR count). The number of amides is 1. The molecule has 0 unspecified atom stereocenters. The quantitative estimate of drug-likeness (QED) is 0.385. The zero-order valence-corrected chi connectivity index (χ0v) is 19.0. The van der Waals surface area contributed by atoms with Gasteiger partial charge in [0.2, 0.25) is 5.91 Å². The van der Waals surface area contributed by atoms with Gasteiger partial charge in [-0.2, -0.15) is 0 Å². The number of carbonyl (C=O) groups is 1. The van der Waals surface area contributed by atoms with Crippen molar-refractivity contribution in [1.82, 2.24) is 9.55 Å². The maximum absolute atomic E-state index is 12.9. The SMILES string of the molecule is COCCn1c(SCC(=O)Nc2ccc(C)cc2Br)nc2cc(Cl)ccc2c1=O. The summed E-state index contributed by atoms with van der Waals surface area (Å²) in [5.74, 6) is -0.0930. The van der Waals surface area contributed by atoms with Crippen LogP contribution in [-0.4, -0.2) is 34.9 Å². The first-order valence-electron chi connectivity index (χ1n) is 8.77. The van der Waals surface area contributed by atoms with Crippen molar-refractivity contribution in [2.24, 2.45) is 0 Å². The fourth-order valence-electron chi connectivity index (χ4n) is 2.70. The van der Waals surface area contributed by atoms with Gasteiger partial charge in [-0.3, -0.25) is 14.2 Å². The van der Waals surface area contributed by atoms with Crippen molar-refractivity contribution in [2.45, 2.75) is 18.6 Å². The molecule has 0 aliphatic carbocycles. The Morgan fingerprint density at radius 2 is 2.10 bits per heavy atom. The van der Waals surface area contributed by atoms with Crippen LogP contribution in [-0.2, 0) is 16.1 Å². The number of aromatic nitrogens is 2. The summed E-state index contributed by atoms with van der Waals surface area (Å²) >= 11 is 10.7. The van der Waals surface area contributed by atoms with E-state index < -0.39 is 0 Å². The lowest BCUT2D eigenvalue weighted by Crippen LogP contribution is -2.26. The van der Waals surface area contributed by atoms with E-state index in [1.54, 1.807) is 25.3 Å². The molecule has 1 aromatic heterocycles. The number of nitrogens with zero attached hydrogens (tertiary/aromatic N) is 2. The Hall–Kier alpha value is -1.87. The van der Waals surface area contributed by atoms with Gasteiger partial charge in [0.1, 0.15) is 0 Å². The van der Waals surface area contributed by atoms with Crippen molar-refractivity contribution in [3.05, 3.63) is 61.8 Å². The highest BCUT2D eigenvalue weighted by Gasteiger charge is 2.14. The molecular weight excluding hydrogens is 478 g/mol. The Morgan fingerprint density at radius 3 is 2.83 bits per heavy atom. The van der Waals surface area contributed by atoms with E-state index in [0.717, 1.165) is 10.0 Å². The van der Waals surface area contributed by atoms with Gasteiger partial charge in [-0.15, -0.1) is 0 Å². The molecule has 0 radical (unpaired) electrons. The number of ether oxygens (including phenoxy) is 1. The Kier molecular flexibility index (Phi) is 7.34. The molecule has 2 aromatic carbocycles. The van der Waals surface area contributed by atoms with Gasteiger partial charge in [0.15, 0.2) is 5.16 Å². The third-order valence-corrected chi connectivity index (χ3v) is 6.00. The number of anilines is 1. The number of nitrogens with one attached hydrogen (secondary N) is 1. The molecule has 9 heteroatoms. The van der Waals surface area contributed by atoms with Crippen LogP contribution >= 0.6 is 39.3 Å². The van der Waals surface area contributed by atoms with Crippen LogP contribution in [0.4, 0.5) is 5.69 Å². The second-order valence-electron chi connectivity index (χ2n) is 6.33. The zero-order valence-electron chi connectivity index (χ0n) is 15.9. The van der Waals surface area contributed by atoms with Crippen LogP contribution < -0.4 is 10.9 Å². The average molecular weight is 497 g/mol. The predicted octanol–water partition coefficient (Wildman–Crippen LogP) is 4.50. The number of fused-ring (bicyclic) bond motifs is 1. The second-order valence-corrected chi connectivity index (χ2v) is 8.56. The van der Waals surface area contributed by atoms with Crippen LogP contribution in [0.3, 0.4) is 0 Å². The number of aryl methyl sites for hydroxylation is 1. The lowest BCUT2D eigenvalue weighted by molar-refractivity contribution is -0.113. The van der Waals surface area contributed by atoms with Gasteiger partial charge in [-0.1, -0.05) is 29.4 Å². The summed E-state index contributed by atoms with van der Waals surface area (Å²) in [7, 11) is 1.57. The Balaban J connectivity index is 1.83. The number of hydrogen-bond acceptors (Lipinski definition) is 5. The van der Waals surface area contributed by atoms with Gasteiger partial charge in [0, 0.05) is 16.6 Å². The molecule has 29 heavy (non-hydrogen) atoms. The van der Waals surface area contributed by atoms with Gasteiger partial charge in [-0.05, 0) is 58.7 Å². The van der Waals surface area contributed by atoms with E-state index in [1.807, 2.05) is 25.1 Å². The number of carbonyl (C=O) groups excluding carboxylic acids is 1. The van der Waals surface area contributed by atoms with E-state index in [4.69, 9.17) is 16.3 Å². The molecule has 0 bridgehead atoms. The van der Waals surface area contributed by atoms with E-state index in [0.29, 0.717) is 39.9 Å². The molecule has 1 heterocycles. The minimum Gasteiger partial charge on any atom is -0.383 e. The molecule has 152 valence electrons. The van der Waals surface area contributed by atoms with Crippen molar-refractivity contribution in [2.75, 3.05) is 24.8 Å². The van der Waals surface area contributed by atoms with Crippen LogP contribution in [0.1, 0.15) is 5.56 Å². The molecule has 6 nitrogen and oxygen atoms in total. The molecule has 0 fully saturated rings. The number of benzene rings is 2. The fourth-order valence-corrected chi connectivity index (χ4v) is 4.29. The minimum absolute atomic E-state index is 0.103. The van der Waals surface area contributed by atoms with Gasteiger partial charge < -0.3 is 10.1 Å². The van der Waals surface area contributed by atoms with Gasteiger partial charge >= 0.3 is 0 Å². The van der Waals surface area contributed by atoms with Crippen molar-refractivity contribution in [3.63, 3.8) is 0 Å². The Labute approximate surface area is 185 Å². The van der Waals surface area contributed by atoms with Crippen molar-refractivity contribution in [1.29, 1.82) is 0 Å². The van der Waals surface area contributed by atoms with E-state index in [-0.39, 0.29) is 17.2 Å². The van der Waals surface area contributed by atoms with Gasteiger partial charge in [0.05, 0.1) is 35.5 Å². The standard InChI is InChI=1S/C20H19BrClN3O3S/c1-12-3-6-16(15(21)9-12)23-18(26)11-29-20-24-17-10-13(22)4-5-14(17)19(27)25(20)7-8-28-2/h3-6,9-10H,7-8,11H2,1-2H3,(H,23,26). The molecule has 0 saturated carbocycles. The zero-order chi connectivity index (χ0) is 21.0. The number of thioether (sulfide) groups is 1. The summed E-state index contributed by atoms with van der Waals surface area (Å²) in [5, 5.41) is 4.28.